The van der Waals surface area contributed by atoms with Gasteiger partial charge in [0.1, 0.15) is 23.8 Å². The molecule has 20 nitrogen and oxygen atoms in total. The lowest BCUT2D eigenvalue weighted by atomic mass is 9.81. The summed E-state index contributed by atoms with van der Waals surface area (Å²) in [4.78, 5) is 52.6. The number of phenols is 1. The zero-order chi connectivity index (χ0) is 58.5. The number of amides is 2. The van der Waals surface area contributed by atoms with Crippen LogP contribution in [-0.2, 0) is 14.3 Å². The van der Waals surface area contributed by atoms with Crippen molar-refractivity contribution < 1.29 is 33.8 Å². The van der Waals surface area contributed by atoms with Crippen molar-refractivity contribution in [2.24, 2.45) is 23.7 Å². The number of β-amino-alcohol motifs (C(OH)–C–C–N with tert-alkyl or cyclic N) is 1. The molecule has 2 unspecified atom stereocenters. The highest BCUT2D eigenvalue weighted by atomic mass is 32.1. The maximum atomic E-state index is 14.5. The van der Waals surface area contributed by atoms with Crippen LogP contribution in [0.2, 0.25) is 0 Å². The summed E-state index contributed by atoms with van der Waals surface area (Å²) < 4.78 is 18.6. The predicted molar refractivity (Wildman–Crippen MR) is 327 cm³/mol. The van der Waals surface area contributed by atoms with Gasteiger partial charge < -0.3 is 54.9 Å². The lowest BCUT2D eigenvalue weighted by Crippen LogP contribution is -2.72. The van der Waals surface area contributed by atoms with Gasteiger partial charge in [-0.05, 0) is 111 Å². The predicted octanol–water partition coefficient (Wildman–Crippen LogP) is 7.39. The molecule has 85 heavy (non-hydrogen) atoms. The summed E-state index contributed by atoms with van der Waals surface area (Å²) in [5.74, 6) is 2.86. The fourth-order valence-corrected chi connectivity index (χ4v) is 15.5. The van der Waals surface area contributed by atoms with Gasteiger partial charge in [-0.25, -0.2) is 9.97 Å². The molecule has 2 bridgehead atoms. The number of ether oxygens (including phenoxy) is 2. The molecule has 2 amide bonds. The summed E-state index contributed by atoms with van der Waals surface area (Å²) in [6.45, 7) is 19.2. The number of piperazine rings is 1. The number of nitrogens with one attached hydrogen (secondary N) is 1. The van der Waals surface area contributed by atoms with Crippen LogP contribution in [0.4, 0.5) is 23.0 Å². The number of nitrogen functional groups attached to an aromatic ring is 1. The van der Waals surface area contributed by atoms with E-state index in [-0.39, 0.29) is 54.1 Å². The molecular formula is C64H81N13O7S. The molecule has 5 N–H and O–H groups in total. The largest absolute Gasteiger partial charge is 0.507 e. The number of aliphatic hydroxyl groups is 1. The number of nitrogens with two attached hydrogens (primary N) is 1. The number of rotatable bonds is 17. The monoisotopic (exact) mass is 1180 g/mol. The summed E-state index contributed by atoms with van der Waals surface area (Å²) in [6.07, 6.45) is 7.68. The molecular weight excluding hydrogens is 1090 g/mol. The van der Waals surface area contributed by atoms with Crippen LogP contribution in [0.1, 0.15) is 94.7 Å². The number of nitrogens with zero attached hydrogens (tertiary/aromatic N) is 11. The van der Waals surface area contributed by atoms with E-state index in [9.17, 15) is 19.8 Å². The minimum atomic E-state index is -0.807. The summed E-state index contributed by atoms with van der Waals surface area (Å²) in [5.41, 5.74) is 14.6. The molecule has 4 aromatic heterocycles. The first-order valence-corrected chi connectivity index (χ1v) is 31.7. The molecule has 6 atom stereocenters. The molecule has 2 aromatic carbocycles. The molecule has 21 heteroatoms. The molecule has 10 heterocycles. The first kappa shape index (κ1) is 57.2. The molecule has 0 radical (unpaired) electrons. The third-order valence-electron chi connectivity index (χ3n) is 19.5. The second kappa shape index (κ2) is 24.1. The second-order valence-corrected chi connectivity index (χ2v) is 26.6. The maximum Gasteiger partial charge on any atom is 0.243 e. The number of anilines is 4. The van der Waals surface area contributed by atoms with Crippen molar-refractivity contribution in [2.75, 3.05) is 106 Å². The van der Waals surface area contributed by atoms with Gasteiger partial charge >= 0.3 is 0 Å². The number of phenolic OH excluding ortho intramolecular Hbond substituents is 1. The number of para-hydroxylation sites is 1. The fourth-order valence-electron chi connectivity index (χ4n) is 14.7. The molecule has 6 aliphatic heterocycles. The number of hydrogen-bond donors (Lipinski definition) is 4. The van der Waals surface area contributed by atoms with Crippen LogP contribution < -0.4 is 30.5 Å². The van der Waals surface area contributed by atoms with Crippen LogP contribution in [0.5, 0.6) is 11.6 Å². The summed E-state index contributed by atoms with van der Waals surface area (Å²) in [7, 11) is 0. The van der Waals surface area contributed by atoms with Crippen LogP contribution in [0, 0.1) is 30.6 Å². The summed E-state index contributed by atoms with van der Waals surface area (Å²) in [5, 5.41) is 37.7. The quantitative estimate of drug-likeness (QED) is 0.0698. The molecule has 7 aliphatic rings. The van der Waals surface area contributed by atoms with E-state index in [1.807, 2.05) is 87.9 Å². The van der Waals surface area contributed by atoms with E-state index < -0.39 is 18.1 Å². The van der Waals surface area contributed by atoms with Gasteiger partial charge in [-0.3, -0.25) is 19.4 Å². The standard InChI is InChI=1S/C64H81N13O7S/c1-39(2)59(63(81)77-34-49(78)27-54(77)62(80)68-40(3)45-9-11-46(12-10-45)60-41(4)67-38-85-60)56-29-57(71-84-56)73-18-14-42(15-19-73)31-75-22-21-72(35-64(75)36-82-37-64)30-44-24-50(25-44)83-58-26-47(13-17-66-58)76-32-43-16-20-74(33-48(76)23-43)53-28-52(69-70-61(53)65)51-7-5-6-8-55(51)79/h5-13,17,26,28-29,38-40,42-44,48-50,54,59,78-79H,14-16,18-25,27,30-37H2,1-4H3,(H2,65,70)(H,68,80)/t40-,43?,44?,48?,49+,50?,54-,59+/m0/s1. The van der Waals surface area contributed by atoms with E-state index >= 15 is 0 Å². The number of carbonyl (C=O) groups excluding carboxylic acids is 2. The van der Waals surface area contributed by atoms with Crippen molar-refractivity contribution in [1.82, 2.24) is 45.3 Å². The van der Waals surface area contributed by atoms with Gasteiger partial charge in [-0.15, -0.1) is 21.5 Å². The Hall–Kier alpha value is -6.91. The van der Waals surface area contributed by atoms with Gasteiger partial charge in [0.25, 0.3) is 0 Å². The molecule has 450 valence electrons. The van der Waals surface area contributed by atoms with Crippen molar-refractivity contribution in [3.63, 3.8) is 0 Å². The van der Waals surface area contributed by atoms with Crippen molar-refractivity contribution in [3.05, 3.63) is 102 Å². The molecule has 7 fully saturated rings. The first-order chi connectivity index (χ1) is 41.2. The third kappa shape index (κ3) is 11.9. The third-order valence-corrected chi connectivity index (χ3v) is 20.5. The van der Waals surface area contributed by atoms with Crippen LogP contribution in [-0.4, -0.2) is 177 Å². The Balaban J connectivity index is 0.560. The Morgan fingerprint density at radius 2 is 1.67 bits per heavy atom. The SMILES string of the molecule is Cc1ncsc1-c1ccc([C@H](C)NC(=O)[C@@H]2C[C@@H](O)CN2C(=O)[C@@H](c2cc(N3CCC(CN4CCN(CC5CC(Oc6cc(N7CC8CCN(c9cc(-c%10ccccc%10O)nnc9N)CC7C8)ccn6)C5)CC45COC5)CC3)no2)C(C)C)cc1. The van der Waals surface area contributed by atoms with Crippen molar-refractivity contribution in [1.29, 1.82) is 0 Å². The van der Waals surface area contributed by atoms with Crippen LogP contribution in [0.15, 0.2) is 89.0 Å². The number of fused-ring (bicyclic) bond motifs is 2. The van der Waals surface area contributed by atoms with Crippen molar-refractivity contribution in [3.8, 4) is 33.3 Å². The number of aryl methyl sites for hydroxylation is 1. The number of benzene rings is 2. The molecule has 6 aromatic rings. The number of aromatic nitrogens is 5. The van der Waals surface area contributed by atoms with Crippen molar-refractivity contribution >= 4 is 46.2 Å². The lowest BCUT2D eigenvalue weighted by Gasteiger charge is -2.57. The molecule has 6 saturated heterocycles. The van der Waals surface area contributed by atoms with E-state index in [1.54, 1.807) is 28.4 Å². The second-order valence-electron chi connectivity index (χ2n) is 25.7. The number of carbonyl (C=O) groups is 2. The number of aromatic hydroxyl groups is 1. The lowest BCUT2D eigenvalue weighted by molar-refractivity contribution is -0.175. The average Bonchev–Trinajstić information content (AvgIpc) is 2.74. The minimum Gasteiger partial charge on any atom is -0.507 e. The fraction of sp³-hybridized carbons (Fsp3) is 0.547. The van der Waals surface area contributed by atoms with E-state index in [0.717, 1.165) is 156 Å². The van der Waals surface area contributed by atoms with E-state index in [4.69, 9.17) is 19.7 Å². The minimum absolute atomic E-state index is 0.0527. The molecule has 13 rings (SSSR count). The number of thiazole rings is 1. The molecule has 1 spiro atoms. The zero-order valence-electron chi connectivity index (χ0n) is 49.3. The van der Waals surface area contributed by atoms with Gasteiger partial charge in [-0.2, -0.15) is 0 Å². The highest BCUT2D eigenvalue weighted by molar-refractivity contribution is 7.13. The zero-order valence-corrected chi connectivity index (χ0v) is 50.2. The number of likely N-dealkylation sites (tertiary alicyclic amines) is 1. The van der Waals surface area contributed by atoms with Gasteiger partial charge in [0.15, 0.2) is 17.4 Å². The van der Waals surface area contributed by atoms with E-state index in [1.165, 1.54) is 0 Å². The normalized spacial score (nSPS) is 25.2. The maximum absolute atomic E-state index is 14.5. The summed E-state index contributed by atoms with van der Waals surface area (Å²) >= 11 is 1.60. The molecule has 1 aliphatic carbocycles. The van der Waals surface area contributed by atoms with Crippen LogP contribution in [0.25, 0.3) is 21.7 Å². The van der Waals surface area contributed by atoms with Gasteiger partial charge in [0.05, 0.1) is 58.4 Å². The van der Waals surface area contributed by atoms with Crippen LogP contribution >= 0.6 is 11.3 Å². The Morgan fingerprint density at radius 3 is 2.42 bits per heavy atom. The van der Waals surface area contributed by atoms with Gasteiger partial charge in [-0.1, -0.05) is 55.4 Å². The number of pyridine rings is 1. The Bertz CT molecular complexity index is 3320. The Morgan fingerprint density at radius 1 is 0.871 bits per heavy atom. The highest BCUT2D eigenvalue weighted by Crippen LogP contribution is 2.42. The topological polar surface area (TPSA) is 228 Å². The Labute approximate surface area is 501 Å². The van der Waals surface area contributed by atoms with Crippen molar-refractivity contribution in [2.45, 2.75) is 114 Å². The molecule has 1 saturated carbocycles. The van der Waals surface area contributed by atoms with Crippen LogP contribution in [0.3, 0.4) is 0 Å². The van der Waals surface area contributed by atoms with Gasteiger partial charge in [0.2, 0.25) is 17.7 Å². The summed E-state index contributed by atoms with van der Waals surface area (Å²) in [6, 6.07) is 22.6. The average molecular weight is 1180 g/mol. The van der Waals surface area contributed by atoms with E-state index in [0.29, 0.717) is 52.5 Å². The number of piperidine rings is 1. The van der Waals surface area contributed by atoms with Gasteiger partial charge in [0, 0.05) is 114 Å². The Kier molecular flexibility index (Phi) is 16.2. The number of hydrogen-bond acceptors (Lipinski definition) is 19. The highest BCUT2D eigenvalue weighted by Gasteiger charge is 2.50. The smallest absolute Gasteiger partial charge is 0.243 e. The number of aliphatic hydroxyl groups excluding tert-OH is 1. The van der Waals surface area contributed by atoms with E-state index in [2.05, 4.69) is 67.3 Å². The first-order valence-electron chi connectivity index (χ1n) is 30.8.